The second kappa shape index (κ2) is 5.07. The summed E-state index contributed by atoms with van der Waals surface area (Å²) in [5.74, 6) is 0. The van der Waals surface area contributed by atoms with E-state index in [4.69, 9.17) is 4.98 Å². The molecule has 2 aromatic heterocycles. The van der Waals surface area contributed by atoms with Crippen LogP contribution < -0.4 is 5.69 Å². The normalized spacial score (nSPS) is 16.7. The molecule has 1 aliphatic rings. The number of pyridine rings is 1. The van der Waals surface area contributed by atoms with E-state index in [1.165, 1.54) is 0 Å². The fourth-order valence-electron chi connectivity index (χ4n) is 3.24. The van der Waals surface area contributed by atoms with Gasteiger partial charge in [-0.2, -0.15) is 5.26 Å². The number of nitrogens with zero attached hydrogens (tertiary/aromatic N) is 3. The van der Waals surface area contributed by atoms with E-state index in [1.807, 2.05) is 30.3 Å². The summed E-state index contributed by atoms with van der Waals surface area (Å²) in [5.41, 5.74) is 3.51. The summed E-state index contributed by atoms with van der Waals surface area (Å²) in [6.07, 6.45) is 2.26. The molecule has 0 amide bonds. The zero-order valence-corrected chi connectivity index (χ0v) is 13.7. The van der Waals surface area contributed by atoms with Crippen LogP contribution in [0.25, 0.3) is 22.4 Å². The number of fused-ring (bicyclic) bond motifs is 1. The Balaban J connectivity index is 1.92. The molecule has 120 valence electrons. The fraction of sp³-hybridized carbons (Fsp3) is 0.316. The number of hydrogen-bond acceptors (Lipinski definition) is 3. The standard InChI is InChI=1S/C19H18N4O/c1-12(19(2)9-10-19)23-17-16(22-18(23)24)8-7-15(21-17)14-6-4-3-5-13(14)11-20/h3-8,12H,9-10H2,1-2H3,(H,22,24). The zero-order valence-electron chi connectivity index (χ0n) is 13.7. The highest BCUT2D eigenvalue weighted by atomic mass is 16.1. The van der Waals surface area contributed by atoms with Crippen LogP contribution in [0.5, 0.6) is 0 Å². The van der Waals surface area contributed by atoms with Crippen molar-refractivity contribution in [2.75, 3.05) is 0 Å². The van der Waals surface area contributed by atoms with Crippen LogP contribution in [-0.4, -0.2) is 14.5 Å². The maximum absolute atomic E-state index is 12.4. The molecule has 1 saturated carbocycles. The van der Waals surface area contributed by atoms with Crippen LogP contribution in [0.2, 0.25) is 0 Å². The molecule has 0 bridgehead atoms. The lowest BCUT2D eigenvalue weighted by atomic mass is 10.0. The first-order valence-corrected chi connectivity index (χ1v) is 8.14. The van der Waals surface area contributed by atoms with E-state index in [9.17, 15) is 10.1 Å². The van der Waals surface area contributed by atoms with E-state index in [0.717, 1.165) is 23.9 Å². The largest absolute Gasteiger partial charge is 0.327 e. The molecule has 2 heterocycles. The third-order valence-electron chi connectivity index (χ3n) is 5.32. The van der Waals surface area contributed by atoms with Gasteiger partial charge in [-0.1, -0.05) is 25.1 Å². The summed E-state index contributed by atoms with van der Waals surface area (Å²) in [6.45, 7) is 4.29. The Hall–Kier alpha value is -2.87. The molecule has 5 heteroatoms. The van der Waals surface area contributed by atoms with Crippen molar-refractivity contribution in [3.63, 3.8) is 0 Å². The van der Waals surface area contributed by atoms with Crippen molar-refractivity contribution in [1.29, 1.82) is 5.26 Å². The van der Waals surface area contributed by atoms with Gasteiger partial charge >= 0.3 is 5.69 Å². The molecule has 0 radical (unpaired) electrons. The van der Waals surface area contributed by atoms with E-state index < -0.39 is 0 Å². The average molecular weight is 318 g/mol. The Morgan fingerprint density at radius 1 is 1.29 bits per heavy atom. The van der Waals surface area contributed by atoms with E-state index in [2.05, 4.69) is 24.9 Å². The summed E-state index contributed by atoms with van der Waals surface area (Å²) in [4.78, 5) is 20.1. The molecular weight excluding hydrogens is 300 g/mol. The van der Waals surface area contributed by atoms with Gasteiger partial charge in [0.15, 0.2) is 5.65 Å². The van der Waals surface area contributed by atoms with Crippen molar-refractivity contribution in [2.24, 2.45) is 5.41 Å². The molecule has 1 N–H and O–H groups in total. The maximum atomic E-state index is 12.4. The third kappa shape index (κ3) is 2.15. The first-order chi connectivity index (χ1) is 11.5. The SMILES string of the molecule is CC(n1c(=O)[nH]c2ccc(-c3ccccc3C#N)nc21)C1(C)CC1. The van der Waals surface area contributed by atoms with Crippen LogP contribution in [0.1, 0.15) is 38.3 Å². The van der Waals surface area contributed by atoms with Gasteiger partial charge in [-0.05, 0) is 43.4 Å². The number of rotatable bonds is 3. The number of benzene rings is 1. The van der Waals surface area contributed by atoms with Gasteiger partial charge in [0.05, 0.1) is 22.8 Å². The summed E-state index contributed by atoms with van der Waals surface area (Å²) >= 11 is 0. The monoisotopic (exact) mass is 318 g/mol. The van der Waals surface area contributed by atoms with Crippen molar-refractivity contribution in [2.45, 2.75) is 32.7 Å². The number of nitrogens with one attached hydrogen (secondary N) is 1. The van der Waals surface area contributed by atoms with Gasteiger partial charge in [-0.25, -0.2) is 9.78 Å². The molecule has 3 aromatic rings. The summed E-state index contributed by atoms with van der Waals surface area (Å²) < 4.78 is 1.76. The minimum atomic E-state index is -0.121. The number of nitriles is 1. The van der Waals surface area contributed by atoms with E-state index in [0.29, 0.717) is 16.9 Å². The highest BCUT2D eigenvalue weighted by Crippen LogP contribution is 2.53. The smallest absolute Gasteiger partial charge is 0.304 e. The molecule has 1 aromatic carbocycles. The Labute approximate surface area is 139 Å². The van der Waals surface area contributed by atoms with Crippen LogP contribution in [0.3, 0.4) is 0 Å². The second-order valence-corrected chi connectivity index (χ2v) is 6.86. The molecule has 1 atom stereocenters. The van der Waals surface area contributed by atoms with E-state index >= 15 is 0 Å². The Kier molecular flexibility index (Phi) is 3.10. The van der Waals surface area contributed by atoms with Crippen LogP contribution >= 0.6 is 0 Å². The second-order valence-electron chi connectivity index (χ2n) is 6.86. The van der Waals surface area contributed by atoms with E-state index in [-0.39, 0.29) is 17.1 Å². The minimum Gasteiger partial charge on any atom is -0.304 e. The average Bonchev–Trinajstić information content (AvgIpc) is 3.26. The summed E-state index contributed by atoms with van der Waals surface area (Å²) in [6, 6.07) is 13.4. The Morgan fingerprint density at radius 2 is 2.04 bits per heavy atom. The van der Waals surface area contributed by atoms with Gasteiger partial charge in [0.2, 0.25) is 0 Å². The lowest BCUT2D eigenvalue weighted by Crippen LogP contribution is -2.25. The maximum Gasteiger partial charge on any atom is 0.327 e. The predicted molar refractivity (Wildman–Crippen MR) is 92.6 cm³/mol. The summed E-state index contributed by atoms with van der Waals surface area (Å²) in [7, 11) is 0. The quantitative estimate of drug-likeness (QED) is 0.801. The fourth-order valence-corrected chi connectivity index (χ4v) is 3.24. The van der Waals surface area contributed by atoms with Crippen molar-refractivity contribution >= 4 is 11.2 Å². The van der Waals surface area contributed by atoms with E-state index in [1.54, 1.807) is 10.6 Å². The number of aromatic amines is 1. The molecular formula is C19H18N4O. The molecule has 1 unspecified atom stereocenters. The molecule has 1 fully saturated rings. The number of H-pyrrole nitrogens is 1. The van der Waals surface area contributed by atoms with Crippen molar-refractivity contribution in [3.8, 4) is 17.3 Å². The Bertz CT molecular complexity index is 1030. The first-order valence-electron chi connectivity index (χ1n) is 8.14. The molecule has 1 aliphatic carbocycles. The predicted octanol–water partition coefficient (Wildman–Crippen LogP) is 3.62. The van der Waals surface area contributed by atoms with Gasteiger partial charge in [-0.15, -0.1) is 0 Å². The van der Waals surface area contributed by atoms with Crippen LogP contribution in [0.4, 0.5) is 0 Å². The Morgan fingerprint density at radius 3 is 2.75 bits per heavy atom. The molecule has 0 spiro atoms. The lowest BCUT2D eigenvalue weighted by Gasteiger charge is -2.20. The zero-order chi connectivity index (χ0) is 16.9. The molecule has 5 nitrogen and oxygen atoms in total. The van der Waals surface area contributed by atoms with Crippen molar-refractivity contribution in [3.05, 3.63) is 52.4 Å². The van der Waals surface area contributed by atoms with Crippen molar-refractivity contribution < 1.29 is 0 Å². The molecule has 0 aliphatic heterocycles. The van der Waals surface area contributed by atoms with Crippen LogP contribution in [0.15, 0.2) is 41.2 Å². The van der Waals surface area contributed by atoms with Gasteiger partial charge in [0, 0.05) is 11.6 Å². The van der Waals surface area contributed by atoms with Gasteiger partial charge in [0.25, 0.3) is 0 Å². The highest BCUT2D eigenvalue weighted by molar-refractivity contribution is 5.77. The van der Waals surface area contributed by atoms with Gasteiger partial charge in [-0.3, -0.25) is 4.57 Å². The van der Waals surface area contributed by atoms with Crippen LogP contribution in [0, 0.1) is 16.7 Å². The molecule has 24 heavy (non-hydrogen) atoms. The third-order valence-corrected chi connectivity index (χ3v) is 5.32. The summed E-state index contributed by atoms with van der Waals surface area (Å²) in [5, 5.41) is 9.32. The first kappa shape index (κ1) is 14.7. The van der Waals surface area contributed by atoms with Gasteiger partial charge in [0.1, 0.15) is 0 Å². The minimum absolute atomic E-state index is 0.0905. The topological polar surface area (TPSA) is 74.5 Å². The van der Waals surface area contributed by atoms with Gasteiger partial charge < -0.3 is 4.98 Å². The number of imidazole rings is 1. The lowest BCUT2D eigenvalue weighted by molar-refractivity contribution is 0.357. The van der Waals surface area contributed by atoms with Crippen LogP contribution in [-0.2, 0) is 0 Å². The number of hydrogen-bond donors (Lipinski definition) is 1. The highest BCUT2D eigenvalue weighted by Gasteiger charge is 2.44. The molecule has 4 rings (SSSR count). The molecule has 0 saturated heterocycles. The van der Waals surface area contributed by atoms with Crippen molar-refractivity contribution in [1.82, 2.24) is 14.5 Å². The number of aromatic nitrogens is 3.